The zero-order chi connectivity index (χ0) is 22.1. The summed E-state index contributed by atoms with van der Waals surface area (Å²) in [7, 11) is 1.35. The first kappa shape index (κ1) is 23.1. The number of methoxy groups -OCH3 is 1. The Morgan fingerprint density at radius 3 is 2.50 bits per heavy atom. The van der Waals surface area contributed by atoms with Crippen LogP contribution < -0.4 is 10.2 Å². The summed E-state index contributed by atoms with van der Waals surface area (Å²) < 4.78 is 5.03. The molecule has 30 heavy (non-hydrogen) atoms. The second-order valence-electron chi connectivity index (χ2n) is 6.77. The molecule has 0 radical (unpaired) electrons. The van der Waals surface area contributed by atoms with Gasteiger partial charge in [0.2, 0.25) is 0 Å². The Hall–Kier alpha value is -3.16. The first-order chi connectivity index (χ1) is 14.5. The fraction of sp³-hybridized carbons (Fsp3) is 0.455. The molecule has 8 heteroatoms. The van der Waals surface area contributed by atoms with Gasteiger partial charge in [-0.3, -0.25) is 0 Å². The molecule has 1 aromatic carbocycles. The number of anilines is 2. The summed E-state index contributed by atoms with van der Waals surface area (Å²) in [6.45, 7) is 10.1. The lowest BCUT2D eigenvalue weighted by molar-refractivity contribution is 0.0600. The van der Waals surface area contributed by atoms with E-state index in [1.54, 1.807) is 24.3 Å². The molecule has 2 N–H and O–H groups in total. The minimum Gasteiger partial charge on any atom is -0.506 e. The molecule has 0 aliphatic carbocycles. The van der Waals surface area contributed by atoms with Gasteiger partial charge in [0.15, 0.2) is 5.82 Å². The van der Waals surface area contributed by atoms with Crippen molar-refractivity contribution < 1.29 is 14.6 Å². The topological polar surface area (TPSA) is 99.4 Å². The molecule has 0 atom stereocenters. The average Bonchev–Trinajstić information content (AvgIpc) is 2.75. The van der Waals surface area contributed by atoms with Crippen molar-refractivity contribution in [3.8, 4) is 5.75 Å². The number of hydrogen-bond donors (Lipinski definition) is 2. The molecule has 2 rings (SSSR count). The summed E-state index contributed by atoms with van der Waals surface area (Å²) in [5.74, 6) is 0.667. The molecule has 0 amide bonds. The molecular weight excluding hydrogens is 382 g/mol. The Kier molecular flexibility index (Phi) is 8.58. The summed E-state index contributed by atoms with van der Waals surface area (Å²) in [5.41, 5.74) is 1.78. The molecule has 1 heterocycles. The van der Waals surface area contributed by atoms with E-state index in [9.17, 15) is 9.90 Å². The number of nitrogens with zero attached hydrogens (tertiary/aromatic N) is 4. The first-order valence-electron chi connectivity index (χ1n) is 10.3. The number of pyridine rings is 1. The number of phenolic OH excluding ortho intramolecular Hbond substituents is 1. The van der Waals surface area contributed by atoms with Crippen LogP contribution in [0.2, 0.25) is 0 Å². The van der Waals surface area contributed by atoms with Crippen LogP contribution in [0.5, 0.6) is 5.75 Å². The molecule has 8 nitrogen and oxygen atoms in total. The maximum atomic E-state index is 12.6. The van der Waals surface area contributed by atoms with E-state index in [0.717, 1.165) is 19.4 Å². The Morgan fingerprint density at radius 2 is 1.90 bits per heavy atom. The van der Waals surface area contributed by atoms with Crippen LogP contribution in [-0.2, 0) is 4.74 Å². The lowest BCUT2D eigenvalue weighted by Gasteiger charge is -2.25. The molecule has 0 fully saturated rings. The van der Waals surface area contributed by atoms with Crippen molar-refractivity contribution in [3.05, 3.63) is 35.4 Å². The van der Waals surface area contributed by atoms with Gasteiger partial charge in [-0.25, -0.2) is 9.78 Å². The van der Waals surface area contributed by atoms with Crippen LogP contribution in [0, 0.1) is 6.92 Å². The van der Waals surface area contributed by atoms with Gasteiger partial charge < -0.3 is 20.1 Å². The minimum absolute atomic E-state index is 0.0281. The second kappa shape index (κ2) is 11.1. The number of phenols is 1. The standard InChI is InChI=1S/C22H31N5O3/c1-6-9-14-23-20-19(26-25-16-12-10-11-13-17(16)28)15(4)18(22(29)30-5)21(24-20)27(7-2)8-3/h10-13,28H,6-9,14H2,1-5H3,(H,23,24). The number of carbonyl (C=O) groups is 1. The average molecular weight is 414 g/mol. The normalized spacial score (nSPS) is 11.0. The first-order valence-corrected chi connectivity index (χ1v) is 10.3. The molecular formula is C22H31N5O3. The summed E-state index contributed by atoms with van der Waals surface area (Å²) in [5, 5.41) is 21.9. The van der Waals surface area contributed by atoms with E-state index < -0.39 is 5.97 Å². The summed E-state index contributed by atoms with van der Waals surface area (Å²) in [4.78, 5) is 19.4. The fourth-order valence-electron chi connectivity index (χ4n) is 3.06. The molecule has 0 aliphatic heterocycles. The maximum absolute atomic E-state index is 12.6. The van der Waals surface area contributed by atoms with E-state index in [4.69, 9.17) is 9.72 Å². The SMILES string of the molecule is CCCCNc1nc(N(CC)CC)c(C(=O)OC)c(C)c1N=Nc1ccccc1O. The number of aromatic nitrogens is 1. The van der Waals surface area contributed by atoms with Crippen LogP contribution in [0.15, 0.2) is 34.5 Å². The van der Waals surface area contributed by atoms with Crippen LogP contribution in [0.4, 0.5) is 23.0 Å². The lowest BCUT2D eigenvalue weighted by atomic mass is 10.1. The minimum atomic E-state index is -0.471. The number of rotatable bonds is 10. The monoisotopic (exact) mass is 413 g/mol. The Bertz CT molecular complexity index is 895. The molecule has 2 aromatic rings. The zero-order valence-corrected chi connectivity index (χ0v) is 18.4. The molecule has 0 spiro atoms. The van der Waals surface area contributed by atoms with Gasteiger partial charge in [0, 0.05) is 19.6 Å². The van der Waals surface area contributed by atoms with Gasteiger partial charge in [-0.15, -0.1) is 10.2 Å². The zero-order valence-electron chi connectivity index (χ0n) is 18.4. The van der Waals surface area contributed by atoms with Gasteiger partial charge in [-0.1, -0.05) is 25.5 Å². The van der Waals surface area contributed by atoms with E-state index in [2.05, 4.69) is 22.5 Å². The number of hydrogen-bond acceptors (Lipinski definition) is 8. The predicted octanol–water partition coefficient (Wildman–Crippen LogP) is 5.36. The maximum Gasteiger partial charge on any atom is 0.341 e. The van der Waals surface area contributed by atoms with Gasteiger partial charge in [0.25, 0.3) is 0 Å². The third kappa shape index (κ3) is 5.25. The quantitative estimate of drug-likeness (QED) is 0.309. The number of esters is 1. The number of unbranched alkanes of at least 4 members (excludes halogenated alkanes) is 1. The third-order valence-electron chi connectivity index (χ3n) is 4.81. The van der Waals surface area contributed by atoms with Crippen molar-refractivity contribution in [3.63, 3.8) is 0 Å². The fourth-order valence-corrected chi connectivity index (χ4v) is 3.06. The number of ether oxygens (including phenoxy) is 1. The molecule has 0 aliphatic rings. The highest BCUT2D eigenvalue weighted by molar-refractivity contribution is 5.99. The summed E-state index contributed by atoms with van der Waals surface area (Å²) >= 11 is 0. The van der Waals surface area contributed by atoms with E-state index in [-0.39, 0.29) is 5.75 Å². The van der Waals surface area contributed by atoms with Crippen LogP contribution in [0.25, 0.3) is 0 Å². The van der Waals surface area contributed by atoms with Crippen molar-refractivity contribution >= 4 is 29.0 Å². The highest BCUT2D eigenvalue weighted by Crippen LogP contribution is 2.37. The van der Waals surface area contributed by atoms with Gasteiger partial charge in [-0.2, -0.15) is 0 Å². The Balaban J connectivity index is 2.67. The summed E-state index contributed by atoms with van der Waals surface area (Å²) in [6, 6.07) is 6.69. The van der Waals surface area contributed by atoms with E-state index >= 15 is 0 Å². The number of benzene rings is 1. The highest BCUT2D eigenvalue weighted by Gasteiger charge is 2.25. The second-order valence-corrected chi connectivity index (χ2v) is 6.77. The predicted molar refractivity (Wildman–Crippen MR) is 120 cm³/mol. The number of aromatic hydroxyl groups is 1. The molecule has 0 saturated heterocycles. The van der Waals surface area contributed by atoms with Crippen molar-refractivity contribution in [1.82, 2.24) is 4.98 Å². The molecule has 0 unspecified atom stereocenters. The lowest BCUT2D eigenvalue weighted by Crippen LogP contribution is -2.27. The third-order valence-corrected chi connectivity index (χ3v) is 4.81. The number of azo groups is 1. The number of carbonyl (C=O) groups excluding carboxylic acids is 1. The Labute approximate surface area is 178 Å². The van der Waals surface area contributed by atoms with Crippen molar-refractivity contribution in [1.29, 1.82) is 0 Å². The van der Waals surface area contributed by atoms with Gasteiger partial charge >= 0.3 is 5.97 Å². The smallest absolute Gasteiger partial charge is 0.341 e. The number of nitrogens with one attached hydrogen (secondary N) is 1. The van der Waals surface area contributed by atoms with Crippen LogP contribution in [0.3, 0.4) is 0 Å². The van der Waals surface area contributed by atoms with Crippen LogP contribution in [-0.4, -0.2) is 42.8 Å². The largest absolute Gasteiger partial charge is 0.506 e. The van der Waals surface area contributed by atoms with Gasteiger partial charge in [-0.05, 0) is 44.9 Å². The molecule has 0 saturated carbocycles. The van der Waals surface area contributed by atoms with Crippen molar-refractivity contribution in [2.75, 3.05) is 37.0 Å². The van der Waals surface area contributed by atoms with Crippen molar-refractivity contribution in [2.24, 2.45) is 10.2 Å². The van der Waals surface area contributed by atoms with E-state index in [1.807, 2.05) is 25.7 Å². The van der Waals surface area contributed by atoms with E-state index in [0.29, 0.717) is 47.2 Å². The van der Waals surface area contributed by atoms with Crippen LogP contribution >= 0.6 is 0 Å². The number of para-hydroxylation sites is 1. The van der Waals surface area contributed by atoms with Gasteiger partial charge in [0.05, 0.1) is 7.11 Å². The van der Waals surface area contributed by atoms with Crippen LogP contribution in [0.1, 0.15) is 49.5 Å². The molecule has 162 valence electrons. The highest BCUT2D eigenvalue weighted by atomic mass is 16.5. The Morgan fingerprint density at radius 1 is 1.20 bits per heavy atom. The van der Waals surface area contributed by atoms with Crippen molar-refractivity contribution in [2.45, 2.75) is 40.5 Å². The molecule has 0 bridgehead atoms. The van der Waals surface area contributed by atoms with E-state index in [1.165, 1.54) is 7.11 Å². The van der Waals surface area contributed by atoms with Gasteiger partial charge in [0.1, 0.15) is 28.5 Å². The summed E-state index contributed by atoms with van der Waals surface area (Å²) in [6.07, 6.45) is 2.00. The molecule has 1 aromatic heterocycles.